The number of hydrogen-bond acceptors (Lipinski definition) is 1. The Morgan fingerprint density at radius 2 is 1.90 bits per heavy atom. The molecule has 1 atom stereocenters. The molecule has 0 amide bonds. The summed E-state index contributed by atoms with van der Waals surface area (Å²) < 4.78 is 2.45. The molecule has 0 saturated carbocycles. The lowest BCUT2D eigenvalue weighted by Gasteiger charge is -2.21. The van der Waals surface area contributed by atoms with Crippen LogP contribution in [0, 0.1) is 6.92 Å². The van der Waals surface area contributed by atoms with Gasteiger partial charge in [-0.1, -0.05) is 31.2 Å². The van der Waals surface area contributed by atoms with E-state index >= 15 is 0 Å². The number of nitrogens with zero attached hydrogens (tertiary/aromatic N) is 1. The maximum atomic E-state index is 6.25. The van der Waals surface area contributed by atoms with Crippen molar-refractivity contribution in [2.45, 2.75) is 52.1 Å². The van der Waals surface area contributed by atoms with E-state index in [9.17, 15) is 0 Å². The summed E-state index contributed by atoms with van der Waals surface area (Å²) in [5.41, 5.74) is 13.2. The fourth-order valence-electron chi connectivity index (χ4n) is 3.28. The van der Waals surface area contributed by atoms with Gasteiger partial charge in [-0.3, -0.25) is 0 Å². The van der Waals surface area contributed by atoms with Gasteiger partial charge in [-0.25, -0.2) is 0 Å². The lowest BCUT2D eigenvalue weighted by molar-refractivity contribution is 0.546. The third-order valence-corrected chi connectivity index (χ3v) is 4.55. The molecule has 0 bridgehead atoms. The lowest BCUT2D eigenvalue weighted by atomic mass is 9.93. The molecule has 1 aromatic heterocycles. The highest BCUT2D eigenvalue weighted by Crippen LogP contribution is 2.31. The standard InChI is InChI=1S/C18H24N2/c1-3-14-7-9-15(10-8-14)12-20-13(2)11-16-17(19)5-4-6-18(16)20/h7-11,17H,3-6,12,19H2,1-2H3. The van der Waals surface area contributed by atoms with Crippen molar-refractivity contribution in [3.8, 4) is 0 Å². The van der Waals surface area contributed by atoms with Gasteiger partial charge >= 0.3 is 0 Å². The van der Waals surface area contributed by atoms with Crippen molar-refractivity contribution in [3.63, 3.8) is 0 Å². The molecular formula is C18H24N2. The van der Waals surface area contributed by atoms with E-state index in [-0.39, 0.29) is 6.04 Å². The van der Waals surface area contributed by atoms with Gasteiger partial charge in [-0.2, -0.15) is 0 Å². The molecule has 1 aliphatic rings. The van der Waals surface area contributed by atoms with Crippen molar-refractivity contribution in [1.29, 1.82) is 0 Å². The summed E-state index contributed by atoms with van der Waals surface area (Å²) in [6.07, 6.45) is 4.62. The third-order valence-electron chi connectivity index (χ3n) is 4.55. The van der Waals surface area contributed by atoms with Crippen molar-refractivity contribution in [2.24, 2.45) is 5.73 Å². The normalized spacial score (nSPS) is 18.1. The minimum absolute atomic E-state index is 0.237. The number of aryl methyl sites for hydroxylation is 2. The Morgan fingerprint density at radius 3 is 2.60 bits per heavy atom. The average molecular weight is 268 g/mol. The van der Waals surface area contributed by atoms with Crippen molar-refractivity contribution in [3.05, 3.63) is 58.4 Å². The van der Waals surface area contributed by atoms with E-state index in [4.69, 9.17) is 5.73 Å². The molecule has 1 unspecified atom stereocenters. The lowest BCUT2D eigenvalue weighted by Crippen LogP contribution is -2.18. The molecule has 0 saturated heterocycles. The van der Waals surface area contributed by atoms with Crippen LogP contribution in [0.5, 0.6) is 0 Å². The molecule has 1 heterocycles. The molecule has 2 aromatic rings. The summed E-state index contributed by atoms with van der Waals surface area (Å²) in [5.74, 6) is 0. The molecule has 0 fully saturated rings. The average Bonchev–Trinajstić information content (AvgIpc) is 2.78. The van der Waals surface area contributed by atoms with Gasteiger partial charge in [0.2, 0.25) is 0 Å². The van der Waals surface area contributed by atoms with Crippen LogP contribution in [-0.2, 0) is 19.4 Å². The highest BCUT2D eigenvalue weighted by molar-refractivity contribution is 5.34. The van der Waals surface area contributed by atoms with Gasteiger partial charge in [0, 0.05) is 24.0 Å². The SMILES string of the molecule is CCc1ccc(Cn2c(C)cc3c2CCCC3N)cc1. The number of benzene rings is 1. The molecule has 20 heavy (non-hydrogen) atoms. The largest absolute Gasteiger partial charge is 0.344 e. The zero-order chi connectivity index (χ0) is 14.1. The summed E-state index contributed by atoms with van der Waals surface area (Å²) in [5, 5.41) is 0. The van der Waals surface area contributed by atoms with Gasteiger partial charge in [-0.15, -0.1) is 0 Å². The van der Waals surface area contributed by atoms with Gasteiger partial charge in [0.05, 0.1) is 0 Å². The van der Waals surface area contributed by atoms with Gasteiger partial charge in [0.1, 0.15) is 0 Å². The van der Waals surface area contributed by atoms with Gasteiger partial charge in [0.15, 0.2) is 0 Å². The van der Waals surface area contributed by atoms with Crippen LogP contribution in [0.1, 0.15) is 53.9 Å². The Labute approximate surface area is 121 Å². The van der Waals surface area contributed by atoms with Crippen molar-refractivity contribution in [2.75, 3.05) is 0 Å². The Morgan fingerprint density at radius 1 is 1.20 bits per heavy atom. The van der Waals surface area contributed by atoms with Gasteiger partial charge in [-0.05, 0) is 55.4 Å². The molecule has 0 aliphatic heterocycles. The second-order valence-electron chi connectivity index (χ2n) is 5.94. The van der Waals surface area contributed by atoms with Gasteiger partial charge in [0.25, 0.3) is 0 Å². The predicted molar refractivity (Wildman–Crippen MR) is 84.0 cm³/mol. The smallest absolute Gasteiger partial charge is 0.0475 e. The highest BCUT2D eigenvalue weighted by atomic mass is 15.0. The Kier molecular flexibility index (Phi) is 3.66. The van der Waals surface area contributed by atoms with E-state index in [1.165, 1.54) is 40.9 Å². The van der Waals surface area contributed by atoms with Crippen molar-refractivity contribution < 1.29 is 0 Å². The minimum Gasteiger partial charge on any atom is -0.344 e. The molecule has 0 radical (unpaired) electrons. The maximum Gasteiger partial charge on any atom is 0.0475 e. The number of rotatable bonds is 3. The number of nitrogens with two attached hydrogens (primary N) is 1. The highest BCUT2D eigenvalue weighted by Gasteiger charge is 2.21. The monoisotopic (exact) mass is 268 g/mol. The van der Waals surface area contributed by atoms with E-state index < -0.39 is 0 Å². The first-order valence-corrected chi connectivity index (χ1v) is 7.71. The molecule has 2 nitrogen and oxygen atoms in total. The Hall–Kier alpha value is -1.54. The van der Waals surface area contributed by atoms with Crippen molar-refractivity contribution in [1.82, 2.24) is 4.57 Å². The fraction of sp³-hybridized carbons (Fsp3) is 0.444. The third kappa shape index (κ3) is 2.40. The predicted octanol–water partition coefficient (Wildman–Crippen LogP) is 3.74. The van der Waals surface area contributed by atoms with Crippen LogP contribution in [0.3, 0.4) is 0 Å². The zero-order valence-electron chi connectivity index (χ0n) is 12.5. The summed E-state index contributed by atoms with van der Waals surface area (Å²) in [6.45, 7) is 5.37. The van der Waals surface area contributed by atoms with Crippen molar-refractivity contribution >= 4 is 0 Å². The first kappa shape index (κ1) is 13.4. The van der Waals surface area contributed by atoms with Crippen LogP contribution in [0.25, 0.3) is 0 Å². The quantitative estimate of drug-likeness (QED) is 0.903. The number of aromatic nitrogens is 1. The number of fused-ring (bicyclic) bond motifs is 1. The van der Waals surface area contributed by atoms with Crippen LogP contribution in [0.15, 0.2) is 30.3 Å². The van der Waals surface area contributed by atoms with E-state index in [2.05, 4.69) is 48.7 Å². The van der Waals surface area contributed by atoms with E-state index in [0.717, 1.165) is 19.4 Å². The first-order chi connectivity index (χ1) is 9.69. The zero-order valence-corrected chi connectivity index (χ0v) is 12.5. The molecule has 1 aromatic carbocycles. The molecule has 2 N–H and O–H groups in total. The first-order valence-electron chi connectivity index (χ1n) is 7.71. The fourth-order valence-corrected chi connectivity index (χ4v) is 3.28. The van der Waals surface area contributed by atoms with E-state index in [0.29, 0.717) is 0 Å². The summed E-state index contributed by atoms with van der Waals surface area (Å²) in [4.78, 5) is 0. The molecular weight excluding hydrogens is 244 g/mol. The summed E-state index contributed by atoms with van der Waals surface area (Å²) >= 11 is 0. The summed E-state index contributed by atoms with van der Waals surface area (Å²) in [7, 11) is 0. The second kappa shape index (κ2) is 5.45. The number of hydrogen-bond donors (Lipinski definition) is 1. The molecule has 1 aliphatic carbocycles. The topological polar surface area (TPSA) is 30.9 Å². The Balaban J connectivity index is 1.90. The van der Waals surface area contributed by atoms with Crippen LogP contribution < -0.4 is 5.73 Å². The maximum absolute atomic E-state index is 6.25. The Bertz CT molecular complexity index is 593. The second-order valence-corrected chi connectivity index (χ2v) is 5.94. The minimum atomic E-state index is 0.237. The molecule has 3 rings (SSSR count). The van der Waals surface area contributed by atoms with Crippen LogP contribution in [-0.4, -0.2) is 4.57 Å². The molecule has 2 heteroatoms. The van der Waals surface area contributed by atoms with Gasteiger partial charge < -0.3 is 10.3 Å². The molecule has 106 valence electrons. The molecule has 0 spiro atoms. The van der Waals surface area contributed by atoms with E-state index in [1.54, 1.807) is 0 Å². The summed E-state index contributed by atoms with van der Waals surface area (Å²) in [6, 6.07) is 11.5. The van der Waals surface area contributed by atoms with Crippen LogP contribution >= 0.6 is 0 Å². The van der Waals surface area contributed by atoms with Crippen LogP contribution in [0.4, 0.5) is 0 Å². The van der Waals surface area contributed by atoms with E-state index in [1.807, 2.05) is 0 Å². The van der Waals surface area contributed by atoms with Crippen LogP contribution in [0.2, 0.25) is 0 Å².